The van der Waals surface area contributed by atoms with Crippen LogP contribution < -0.4 is 5.01 Å². The average molecular weight is 346 g/mol. The molecule has 0 bridgehead atoms. The Kier molecular flexibility index (Phi) is 3.41. The van der Waals surface area contributed by atoms with Crippen molar-refractivity contribution in [3.8, 4) is 5.69 Å². The molecule has 0 saturated heterocycles. The van der Waals surface area contributed by atoms with E-state index in [9.17, 15) is 0 Å². The monoisotopic (exact) mass is 346 g/mol. The van der Waals surface area contributed by atoms with Crippen LogP contribution in [0.15, 0.2) is 70.8 Å². The first-order valence-electron chi connectivity index (χ1n) is 8.50. The number of anilines is 1. The maximum atomic E-state index is 4.97. The van der Waals surface area contributed by atoms with Crippen molar-refractivity contribution in [3.63, 3.8) is 0 Å². The van der Waals surface area contributed by atoms with Crippen molar-refractivity contribution in [3.05, 3.63) is 71.9 Å². The van der Waals surface area contributed by atoms with Gasteiger partial charge in [-0.15, -0.1) is 11.8 Å². The molecular formula is C20H18N4S. The number of para-hydroxylation sites is 2. The molecule has 124 valence electrons. The summed E-state index contributed by atoms with van der Waals surface area (Å²) in [6.45, 7) is 3.04. The third-order valence-electron chi connectivity index (χ3n) is 4.76. The summed E-state index contributed by atoms with van der Waals surface area (Å²) in [5.41, 5.74) is 5.74. The molecule has 25 heavy (non-hydrogen) atoms. The van der Waals surface area contributed by atoms with Gasteiger partial charge < -0.3 is 0 Å². The molecule has 1 unspecified atom stereocenters. The van der Waals surface area contributed by atoms with Gasteiger partial charge in [0.25, 0.3) is 0 Å². The molecule has 2 aliphatic heterocycles. The summed E-state index contributed by atoms with van der Waals surface area (Å²) in [6.07, 6.45) is 0. The molecule has 0 radical (unpaired) electrons. The smallest absolute Gasteiger partial charge is 0.109 e. The number of aromatic nitrogens is 2. The Labute approximate surface area is 151 Å². The van der Waals surface area contributed by atoms with E-state index in [0.717, 1.165) is 29.4 Å². The Morgan fingerprint density at radius 1 is 0.960 bits per heavy atom. The fourth-order valence-corrected chi connectivity index (χ4v) is 4.84. The molecule has 1 atom stereocenters. The van der Waals surface area contributed by atoms with Crippen molar-refractivity contribution >= 4 is 23.2 Å². The maximum absolute atomic E-state index is 4.97. The van der Waals surface area contributed by atoms with Crippen LogP contribution in [0.4, 0.5) is 5.69 Å². The van der Waals surface area contributed by atoms with Crippen LogP contribution in [0.2, 0.25) is 0 Å². The Morgan fingerprint density at radius 2 is 1.64 bits per heavy atom. The Morgan fingerprint density at radius 3 is 2.36 bits per heavy atom. The van der Waals surface area contributed by atoms with Gasteiger partial charge >= 0.3 is 0 Å². The lowest BCUT2D eigenvalue weighted by atomic mass is 9.99. The normalized spacial score (nSPS) is 18.7. The van der Waals surface area contributed by atoms with E-state index in [4.69, 9.17) is 10.2 Å². The van der Waals surface area contributed by atoms with Crippen molar-refractivity contribution in [2.75, 3.05) is 17.3 Å². The minimum atomic E-state index is 0.463. The fraction of sp³-hybridized carbons (Fsp3) is 0.200. The molecule has 0 N–H and O–H groups in total. The summed E-state index contributed by atoms with van der Waals surface area (Å²) in [4.78, 5) is 0. The number of hydrazone groups is 1. The van der Waals surface area contributed by atoms with Crippen LogP contribution in [0, 0.1) is 12.8 Å². The van der Waals surface area contributed by atoms with Crippen molar-refractivity contribution in [2.45, 2.75) is 11.9 Å². The predicted octanol–water partition coefficient (Wildman–Crippen LogP) is 4.13. The van der Waals surface area contributed by atoms with Gasteiger partial charge in [0.2, 0.25) is 0 Å². The molecule has 3 aromatic rings. The fourth-order valence-electron chi connectivity index (χ4n) is 3.55. The van der Waals surface area contributed by atoms with Gasteiger partial charge in [-0.3, -0.25) is 5.01 Å². The molecule has 0 saturated carbocycles. The van der Waals surface area contributed by atoms with Crippen LogP contribution in [-0.4, -0.2) is 27.8 Å². The number of fused-ring (bicyclic) bond motifs is 3. The first-order valence-corrected chi connectivity index (χ1v) is 9.49. The van der Waals surface area contributed by atoms with Gasteiger partial charge in [0.1, 0.15) is 5.03 Å². The first-order chi connectivity index (χ1) is 12.3. The number of thioether (sulfide) groups is 1. The molecule has 2 aliphatic rings. The molecule has 0 aliphatic carbocycles. The number of nitrogens with zero attached hydrogens (tertiary/aromatic N) is 4. The summed E-state index contributed by atoms with van der Waals surface area (Å²) in [5.74, 6) is 1.51. The van der Waals surface area contributed by atoms with Crippen molar-refractivity contribution in [2.24, 2.45) is 11.0 Å². The van der Waals surface area contributed by atoms with Gasteiger partial charge in [0.15, 0.2) is 0 Å². The van der Waals surface area contributed by atoms with E-state index >= 15 is 0 Å². The second kappa shape index (κ2) is 5.77. The summed E-state index contributed by atoms with van der Waals surface area (Å²) < 4.78 is 2.07. The van der Waals surface area contributed by atoms with E-state index in [1.165, 1.54) is 16.3 Å². The minimum Gasteiger partial charge on any atom is -0.265 e. The average Bonchev–Trinajstić information content (AvgIpc) is 3.24. The van der Waals surface area contributed by atoms with Crippen LogP contribution in [0.25, 0.3) is 5.69 Å². The zero-order valence-electron chi connectivity index (χ0n) is 14.0. The van der Waals surface area contributed by atoms with E-state index in [1.54, 1.807) is 0 Å². The lowest BCUT2D eigenvalue weighted by Gasteiger charge is -2.20. The maximum Gasteiger partial charge on any atom is 0.109 e. The van der Waals surface area contributed by atoms with Crippen LogP contribution in [-0.2, 0) is 0 Å². The molecular weight excluding hydrogens is 328 g/mol. The van der Waals surface area contributed by atoms with Gasteiger partial charge in [-0.05, 0) is 31.2 Å². The highest BCUT2D eigenvalue weighted by molar-refractivity contribution is 7.99. The zero-order chi connectivity index (χ0) is 16.8. The topological polar surface area (TPSA) is 33.4 Å². The molecule has 0 spiro atoms. The van der Waals surface area contributed by atoms with Gasteiger partial charge in [-0.25, -0.2) is 4.68 Å². The predicted molar refractivity (Wildman–Crippen MR) is 103 cm³/mol. The standard InChI is InChI=1S/C20H18N4S/c1-14-18-19-15(12-23(22-19)16-8-4-2-5-9-16)13-25-20(18)24(21-14)17-10-6-3-7-11-17/h2-11,15H,12-13H2,1H3. The SMILES string of the molecule is Cc1nn(-c2ccccc2)c2c1C1=NN(c3ccccc3)CC1CS2. The lowest BCUT2D eigenvalue weighted by molar-refractivity contribution is 0.764. The molecule has 0 fully saturated rings. The van der Waals surface area contributed by atoms with Crippen molar-refractivity contribution < 1.29 is 0 Å². The Bertz CT molecular complexity index is 947. The molecule has 1 aromatic heterocycles. The molecule has 0 amide bonds. The summed E-state index contributed by atoms with van der Waals surface area (Å²) >= 11 is 1.90. The van der Waals surface area contributed by atoms with E-state index < -0.39 is 0 Å². The zero-order valence-corrected chi connectivity index (χ0v) is 14.8. The quantitative estimate of drug-likeness (QED) is 0.700. The van der Waals surface area contributed by atoms with Crippen LogP contribution >= 0.6 is 11.8 Å². The highest BCUT2D eigenvalue weighted by atomic mass is 32.2. The second-order valence-electron chi connectivity index (χ2n) is 6.42. The first kappa shape index (κ1) is 14.8. The number of benzene rings is 2. The number of rotatable bonds is 2. The summed E-state index contributed by atoms with van der Waals surface area (Å²) in [6, 6.07) is 20.8. The molecule has 2 aromatic carbocycles. The van der Waals surface area contributed by atoms with Crippen LogP contribution in [0.5, 0.6) is 0 Å². The number of hydrogen-bond acceptors (Lipinski definition) is 4. The summed E-state index contributed by atoms with van der Waals surface area (Å²) in [7, 11) is 0. The number of hydrogen-bond donors (Lipinski definition) is 0. The van der Waals surface area contributed by atoms with Gasteiger partial charge in [0.05, 0.1) is 34.9 Å². The third kappa shape index (κ3) is 2.38. The molecule has 4 nitrogen and oxygen atoms in total. The Hall–Kier alpha value is -2.53. The highest BCUT2D eigenvalue weighted by Gasteiger charge is 2.37. The molecule has 3 heterocycles. The van der Waals surface area contributed by atoms with Gasteiger partial charge in [-0.1, -0.05) is 36.4 Å². The summed E-state index contributed by atoms with van der Waals surface area (Å²) in [5, 5.41) is 13.1. The second-order valence-corrected chi connectivity index (χ2v) is 7.43. The largest absolute Gasteiger partial charge is 0.265 e. The van der Waals surface area contributed by atoms with Gasteiger partial charge in [0, 0.05) is 11.7 Å². The van der Waals surface area contributed by atoms with E-state index in [2.05, 4.69) is 65.1 Å². The van der Waals surface area contributed by atoms with E-state index in [0.29, 0.717) is 5.92 Å². The molecule has 5 heteroatoms. The Balaban J connectivity index is 1.60. The lowest BCUT2D eigenvalue weighted by Crippen LogP contribution is -2.25. The van der Waals surface area contributed by atoms with Gasteiger partial charge in [-0.2, -0.15) is 10.2 Å². The van der Waals surface area contributed by atoms with Crippen LogP contribution in [0.3, 0.4) is 0 Å². The molecule has 5 rings (SSSR count). The number of aryl methyl sites for hydroxylation is 1. The van der Waals surface area contributed by atoms with Crippen LogP contribution in [0.1, 0.15) is 11.3 Å². The highest BCUT2D eigenvalue weighted by Crippen LogP contribution is 2.40. The van der Waals surface area contributed by atoms with E-state index in [1.807, 2.05) is 23.9 Å². The van der Waals surface area contributed by atoms with Crippen molar-refractivity contribution in [1.82, 2.24) is 9.78 Å². The minimum absolute atomic E-state index is 0.463. The van der Waals surface area contributed by atoms with E-state index in [-0.39, 0.29) is 0 Å². The van der Waals surface area contributed by atoms with Crippen molar-refractivity contribution in [1.29, 1.82) is 0 Å². The third-order valence-corrected chi connectivity index (χ3v) is 5.98.